The van der Waals surface area contributed by atoms with Crippen molar-refractivity contribution in [1.29, 1.82) is 0 Å². The Kier molecular flexibility index (Phi) is 3.36. The lowest BCUT2D eigenvalue weighted by Crippen LogP contribution is -2.21. The molecule has 0 aliphatic heterocycles. The van der Waals surface area contributed by atoms with Crippen molar-refractivity contribution in [3.05, 3.63) is 23.2 Å². The predicted molar refractivity (Wildman–Crippen MR) is 49.5 cm³/mol. The van der Waals surface area contributed by atoms with Crippen molar-refractivity contribution in [2.45, 2.75) is 11.3 Å². The molecule has 0 aromatic heterocycles. The lowest BCUT2D eigenvalue weighted by atomic mass is 10.3. The molecule has 0 unspecified atom stereocenters. The summed E-state index contributed by atoms with van der Waals surface area (Å²) in [5.74, 6) is -0.956. The maximum atomic E-state index is 11.9. The summed E-state index contributed by atoms with van der Waals surface area (Å²) in [5.41, 5.74) is 0. The summed E-state index contributed by atoms with van der Waals surface area (Å²) in [6.45, 7) is 0. The Hall–Kier alpha value is -0.990. The van der Waals surface area contributed by atoms with Crippen molar-refractivity contribution >= 4 is 21.6 Å². The van der Waals surface area contributed by atoms with E-state index < -0.39 is 27.0 Å². The van der Waals surface area contributed by atoms with Crippen molar-refractivity contribution < 1.29 is 26.3 Å². The molecule has 0 aliphatic carbocycles. The fourth-order valence-corrected chi connectivity index (χ4v) is 1.72. The van der Waals surface area contributed by atoms with Crippen molar-refractivity contribution in [2.75, 3.05) is 0 Å². The van der Waals surface area contributed by atoms with E-state index in [0.29, 0.717) is 0 Å². The Morgan fingerprint density at radius 3 is 2.31 bits per heavy atom. The molecule has 0 bridgehead atoms. The minimum Gasteiger partial charge on any atom is -0.404 e. The first-order chi connectivity index (χ1) is 7.09. The summed E-state index contributed by atoms with van der Waals surface area (Å²) >= 11 is 5.41. The van der Waals surface area contributed by atoms with Gasteiger partial charge in [-0.3, -0.25) is 0 Å². The van der Waals surface area contributed by atoms with Gasteiger partial charge in [-0.25, -0.2) is 13.6 Å². The van der Waals surface area contributed by atoms with Gasteiger partial charge in [-0.05, 0) is 12.1 Å². The van der Waals surface area contributed by atoms with E-state index in [1.807, 2.05) is 0 Å². The molecule has 2 N–H and O–H groups in total. The summed E-state index contributed by atoms with van der Waals surface area (Å²) in [6, 6.07) is 2.64. The predicted octanol–water partition coefficient (Wildman–Crippen LogP) is 1.89. The molecular formula is C7H5ClF3NO3S. The van der Waals surface area contributed by atoms with Gasteiger partial charge in [0.25, 0.3) is 0 Å². The lowest BCUT2D eigenvalue weighted by Gasteiger charge is -2.12. The van der Waals surface area contributed by atoms with Crippen LogP contribution >= 0.6 is 11.6 Å². The van der Waals surface area contributed by atoms with Gasteiger partial charge in [0.05, 0.1) is 0 Å². The first-order valence-electron chi connectivity index (χ1n) is 3.68. The molecule has 1 aromatic rings. The van der Waals surface area contributed by atoms with E-state index in [0.717, 1.165) is 18.2 Å². The van der Waals surface area contributed by atoms with Crippen LogP contribution in [0.15, 0.2) is 23.1 Å². The number of halogens is 4. The molecule has 90 valence electrons. The van der Waals surface area contributed by atoms with E-state index in [2.05, 4.69) is 4.74 Å². The number of sulfonamides is 1. The molecule has 4 nitrogen and oxygen atoms in total. The van der Waals surface area contributed by atoms with Crippen molar-refractivity contribution in [3.8, 4) is 5.75 Å². The van der Waals surface area contributed by atoms with Gasteiger partial charge in [0.15, 0.2) is 5.75 Å². The molecule has 0 spiro atoms. The van der Waals surface area contributed by atoms with Crippen LogP contribution in [0.3, 0.4) is 0 Å². The first kappa shape index (κ1) is 13.1. The van der Waals surface area contributed by atoms with Gasteiger partial charge in [-0.2, -0.15) is 0 Å². The fraction of sp³-hybridized carbons (Fsp3) is 0.143. The minimum absolute atomic E-state index is 0.105. The van der Waals surface area contributed by atoms with Gasteiger partial charge in [-0.15, -0.1) is 13.2 Å². The maximum Gasteiger partial charge on any atom is 0.573 e. The fourth-order valence-electron chi connectivity index (χ4n) is 0.921. The smallest absolute Gasteiger partial charge is 0.404 e. The van der Waals surface area contributed by atoms with E-state index in [1.165, 1.54) is 0 Å². The largest absolute Gasteiger partial charge is 0.573 e. The highest BCUT2D eigenvalue weighted by Gasteiger charge is 2.33. The first-order valence-corrected chi connectivity index (χ1v) is 5.60. The molecule has 1 rings (SSSR count). The highest BCUT2D eigenvalue weighted by molar-refractivity contribution is 7.89. The van der Waals surface area contributed by atoms with Gasteiger partial charge in [-0.1, -0.05) is 11.6 Å². The zero-order valence-electron chi connectivity index (χ0n) is 7.45. The van der Waals surface area contributed by atoms with E-state index in [-0.39, 0.29) is 5.02 Å². The lowest BCUT2D eigenvalue weighted by molar-refractivity contribution is -0.275. The van der Waals surface area contributed by atoms with Crippen LogP contribution in [0.25, 0.3) is 0 Å². The number of hydrogen-bond acceptors (Lipinski definition) is 3. The average Bonchev–Trinajstić information content (AvgIpc) is 1.97. The van der Waals surface area contributed by atoms with Gasteiger partial charge < -0.3 is 4.74 Å². The van der Waals surface area contributed by atoms with Crippen LogP contribution in [0, 0.1) is 0 Å². The third kappa shape index (κ3) is 3.54. The summed E-state index contributed by atoms with van der Waals surface area (Å²) in [5, 5.41) is 4.60. The van der Waals surface area contributed by atoms with Crippen molar-refractivity contribution in [1.82, 2.24) is 0 Å². The second kappa shape index (κ2) is 4.11. The number of nitrogens with two attached hydrogens (primary N) is 1. The molecule has 1 aromatic carbocycles. The zero-order valence-corrected chi connectivity index (χ0v) is 9.03. The van der Waals surface area contributed by atoms with Crippen LogP contribution in [0.1, 0.15) is 0 Å². The highest BCUT2D eigenvalue weighted by atomic mass is 35.5. The summed E-state index contributed by atoms with van der Waals surface area (Å²) in [7, 11) is -4.31. The molecule has 9 heteroatoms. The number of ether oxygens (including phenoxy) is 1. The minimum atomic E-state index is -5.02. The van der Waals surface area contributed by atoms with Gasteiger partial charge in [0.1, 0.15) is 4.90 Å². The monoisotopic (exact) mass is 275 g/mol. The normalized spacial score (nSPS) is 12.6. The second-order valence-electron chi connectivity index (χ2n) is 2.68. The number of rotatable bonds is 2. The van der Waals surface area contributed by atoms with E-state index >= 15 is 0 Å². The number of benzene rings is 1. The van der Waals surface area contributed by atoms with Gasteiger partial charge in [0, 0.05) is 11.1 Å². The van der Waals surface area contributed by atoms with Gasteiger partial charge in [0.2, 0.25) is 10.0 Å². The van der Waals surface area contributed by atoms with Crippen LogP contribution in [0.5, 0.6) is 5.75 Å². The molecule has 0 amide bonds. The topological polar surface area (TPSA) is 69.4 Å². The molecular weight excluding hydrogens is 271 g/mol. The molecule has 0 aliphatic rings. The summed E-state index contributed by atoms with van der Waals surface area (Å²) < 4.78 is 61.2. The standard InChI is InChI=1S/C7H5ClF3NO3S/c8-4-1-2-6(16(12,13)14)5(3-4)15-7(9,10)11/h1-3H,(H2,12,13,14). The highest BCUT2D eigenvalue weighted by Crippen LogP contribution is 2.31. The molecule has 0 saturated heterocycles. The molecule has 0 heterocycles. The average molecular weight is 276 g/mol. The summed E-state index contributed by atoms with van der Waals surface area (Å²) in [6.07, 6.45) is -5.02. The van der Waals surface area contributed by atoms with Crippen LogP contribution < -0.4 is 9.88 Å². The molecule has 0 atom stereocenters. The second-order valence-corrected chi connectivity index (χ2v) is 4.65. The third-order valence-electron chi connectivity index (χ3n) is 1.44. The van der Waals surface area contributed by atoms with Gasteiger partial charge >= 0.3 is 6.36 Å². The van der Waals surface area contributed by atoms with Crippen LogP contribution in [-0.2, 0) is 10.0 Å². The Morgan fingerprint density at radius 1 is 1.31 bits per heavy atom. The molecule has 0 fully saturated rings. The Labute approximate surface area is 93.8 Å². The van der Waals surface area contributed by atoms with Crippen LogP contribution in [0.4, 0.5) is 13.2 Å². The SMILES string of the molecule is NS(=O)(=O)c1ccc(Cl)cc1OC(F)(F)F. The Morgan fingerprint density at radius 2 is 1.88 bits per heavy atom. The van der Waals surface area contributed by atoms with Crippen LogP contribution in [0.2, 0.25) is 5.02 Å². The molecule has 0 radical (unpaired) electrons. The van der Waals surface area contributed by atoms with Crippen molar-refractivity contribution in [2.24, 2.45) is 5.14 Å². The van der Waals surface area contributed by atoms with E-state index in [9.17, 15) is 21.6 Å². The zero-order chi connectivity index (χ0) is 12.6. The van der Waals surface area contributed by atoms with Crippen LogP contribution in [-0.4, -0.2) is 14.8 Å². The van der Waals surface area contributed by atoms with E-state index in [1.54, 1.807) is 0 Å². The third-order valence-corrected chi connectivity index (χ3v) is 2.62. The van der Waals surface area contributed by atoms with E-state index in [4.69, 9.17) is 16.7 Å². The Balaban J connectivity index is 3.30. The number of alkyl halides is 3. The number of hydrogen-bond donors (Lipinski definition) is 1. The maximum absolute atomic E-state index is 11.9. The quantitative estimate of drug-likeness (QED) is 0.896. The van der Waals surface area contributed by atoms with Crippen molar-refractivity contribution in [3.63, 3.8) is 0 Å². The Bertz CT molecular complexity index is 500. The number of primary sulfonamides is 1. The molecule has 0 saturated carbocycles. The summed E-state index contributed by atoms with van der Waals surface area (Å²) in [4.78, 5) is -0.783. The molecule has 16 heavy (non-hydrogen) atoms.